The maximum atomic E-state index is 13.7. The van der Waals surface area contributed by atoms with Crippen molar-refractivity contribution in [2.75, 3.05) is 6.54 Å². The molecule has 0 fully saturated rings. The zero-order valence-electron chi connectivity index (χ0n) is 11.4. The number of benzene rings is 1. The van der Waals surface area contributed by atoms with Crippen molar-refractivity contribution < 1.29 is 4.39 Å². The average Bonchev–Trinajstić information content (AvgIpc) is 2.45. The number of halogens is 1. The first kappa shape index (κ1) is 13.7. The highest BCUT2D eigenvalue weighted by molar-refractivity contribution is 5.64. The van der Waals surface area contributed by atoms with Crippen LogP contribution in [0.4, 0.5) is 4.39 Å². The van der Waals surface area contributed by atoms with E-state index >= 15 is 0 Å². The quantitative estimate of drug-likeness (QED) is 0.878. The molecule has 2 aromatic rings. The van der Waals surface area contributed by atoms with Crippen molar-refractivity contribution in [3.8, 4) is 11.1 Å². The van der Waals surface area contributed by atoms with E-state index < -0.39 is 0 Å². The second-order valence-electron chi connectivity index (χ2n) is 4.66. The Hall–Kier alpha value is -1.74. The Morgan fingerprint density at radius 2 is 2.16 bits per heavy atom. The van der Waals surface area contributed by atoms with Gasteiger partial charge in [0.1, 0.15) is 5.82 Å². The number of hydrogen-bond donors (Lipinski definition) is 1. The Labute approximate surface area is 113 Å². The first-order valence-electron chi connectivity index (χ1n) is 6.65. The summed E-state index contributed by atoms with van der Waals surface area (Å²) < 4.78 is 13.7. The molecule has 0 radical (unpaired) electrons. The first-order valence-corrected chi connectivity index (χ1v) is 6.65. The van der Waals surface area contributed by atoms with Gasteiger partial charge in [-0.2, -0.15) is 0 Å². The van der Waals surface area contributed by atoms with Crippen molar-refractivity contribution in [1.29, 1.82) is 0 Å². The summed E-state index contributed by atoms with van der Waals surface area (Å²) in [6.07, 6.45) is 3.97. The number of pyridine rings is 1. The van der Waals surface area contributed by atoms with Gasteiger partial charge >= 0.3 is 0 Å². The topological polar surface area (TPSA) is 24.9 Å². The van der Waals surface area contributed by atoms with Crippen LogP contribution in [-0.4, -0.2) is 11.5 Å². The summed E-state index contributed by atoms with van der Waals surface area (Å²) in [5.41, 5.74) is 2.66. The van der Waals surface area contributed by atoms with Crippen LogP contribution in [0.15, 0.2) is 42.7 Å². The van der Waals surface area contributed by atoms with Crippen LogP contribution in [0.2, 0.25) is 0 Å². The molecule has 1 heterocycles. The lowest BCUT2D eigenvalue weighted by atomic mass is 10.0. The van der Waals surface area contributed by atoms with Gasteiger partial charge in [0.25, 0.3) is 0 Å². The van der Waals surface area contributed by atoms with E-state index in [1.165, 1.54) is 11.8 Å². The van der Waals surface area contributed by atoms with Gasteiger partial charge in [0.15, 0.2) is 0 Å². The Morgan fingerprint density at radius 1 is 1.32 bits per heavy atom. The van der Waals surface area contributed by atoms with E-state index in [9.17, 15) is 4.39 Å². The maximum Gasteiger partial charge on any atom is 0.149 e. The van der Waals surface area contributed by atoms with E-state index in [2.05, 4.69) is 30.2 Å². The summed E-state index contributed by atoms with van der Waals surface area (Å²) >= 11 is 0. The molecule has 0 bridgehead atoms. The van der Waals surface area contributed by atoms with Gasteiger partial charge in [-0.25, -0.2) is 4.39 Å². The lowest BCUT2D eigenvalue weighted by Gasteiger charge is -2.15. The zero-order valence-corrected chi connectivity index (χ0v) is 11.4. The van der Waals surface area contributed by atoms with Crippen molar-refractivity contribution in [2.24, 2.45) is 0 Å². The largest absolute Gasteiger partial charge is 0.310 e. The lowest BCUT2D eigenvalue weighted by molar-refractivity contribution is 0.571. The zero-order chi connectivity index (χ0) is 13.7. The van der Waals surface area contributed by atoms with E-state index in [1.54, 1.807) is 12.3 Å². The summed E-state index contributed by atoms with van der Waals surface area (Å²) in [5, 5.41) is 3.44. The van der Waals surface area contributed by atoms with E-state index in [0.717, 1.165) is 18.5 Å². The van der Waals surface area contributed by atoms with Gasteiger partial charge in [0.2, 0.25) is 0 Å². The summed E-state index contributed by atoms with van der Waals surface area (Å²) in [7, 11) is 0. The molecule has 1 unspecified atom stereocenters. The molecule has 0 amide bonds. The molecule has 1 N–H and O–H groups in total. The van der Waals surface area contributed by atoms with Crippen LogP contribution in [0, 0.1) is 5.82 Å². The molecule has 1 aromatic heterocycles. The number of nitrogens with zero attached hydrogens (tertiary/aromatic N) is 1. The van der Waals surface area contributed by atoms with E-state index in [1.807, 2.05) is 18.2 Å². The Kier molecular flexibility index (Phi) is 4.63. The molecule has 100 valence electrons. The van der Waals surface area contributed by atoms with Gasteiger partial charge in [-0.15, -0.1) is 0 Å². The predicted molar refractivity (Wildman–Crippen MR) is 76.3 cm³/mol. The molecule has 3 heteroatoms. The van der Waals surface area contributed by atoms with Crippen LogP contribution in [0.5, 0.6) is 0 Å². The molecular formula is C16H19FN2. The first-order chi connectivity index (χ1) is 9.22. The minimum atomic E-state index is -0.283. The second kappa shape index (κ2) is 6.43. The van der Waals surface area contributed by atoms with E-state index in [4.69, 9.17) is 0 Å². The third kappa shape index (κ3) is 3.38. The summed E-state index contributed by atoms with van der Waals surface area (Å²) in [4.78, 5) is 3.78. The van der Waals surface area contributed by atoms with Gasteiger partial charge in [-0.05, 0) is 43.1 Å². The van der Waals surface area contributed by atoms with E-state index in [0.29, 0.717) is 5.56 Å². The van der Waals surface area contributed by atoms with Crippen molar-refractivity contribution in [3.05, 3.63) is 54.1 Å². The standard InChI is InChI=1S/C16H19FN2/c1-3-8-19-12(2)13-5-4-6-14(10-13)15-7-9-18-11-16(15)17/h4-7,9-12,19H,3,8H2,1-2H3. The number of rotatable bonds is 5. The smallest absolute Gasteiger partial charge is 0.149 e. The minimum absolute atomic E-state index is 0.268. The highest BCUT2D eigenvalue weighted by Crippen LogP contribution is 2.24. The molecule has 0 aliphatic rings. The van der Waals surface area contributed by atoms with E-state index in [-0.39, 0.29) is 11.9 Å². The van der Waals surface area contributed by atoms with Crippen molar-refractivity contribution in [3.63, 3.8) is 0 Å². The highest BCUT2D eigenvalue weighted by Gasteiger charge is 2.08. The molecule has 19 heavy (non-hydrogen) atoms. The molecular weight excluding hydrogens is 239 g/mol. The molecule has 1 atom stereocenters. The van der Waals surface area contributed by atoms with Crippen molar-refractivity contribution in [2.45, 2.75) is 26.3 Å². The number of nitrogens with one attached hydrogen (secondary N) is 1. The monoisotopic (exact) mass is 258 g/mol. The van der Waals surface area contributed by atoms with Crippen LogP contribution in [-0.2, 0) is 0 Å². The highest BCUT2D eigenvalue weighted by atomic mass is 19.1. The third-order valence-electron chi connectivity index (χ3n) is 3.17. The van der Waals surface area contributed by atoms with Crippen LogP contribution < -0.4 is 5.32 Å². The average molecular weight is 258 g/mol. The van der Waals surface area contributed by atoms with Crippen LogP contribution in [0.25, 0.3) is 11.1 Å². The Balaban J connectivity index is 2.27. The van der Waals surface area contributed by atoms with Crippen LogP contribution in [0.3, 0.4) is 0 Å². The minimum Gasteiger partial charge on any atom is -0.310 e. The molecule has 2 nitrogen and oxygen atoms in total. The second-order valence-corrected chi connectivity index (χ2v) is 4.66. The number of aromatic nitrogens is 1. The lowest BCUT2D eigenvalue weighted by Crippen LogP contribution is -2.19. The van der Waals surface area contributed by atoms with Gasteiger partial charge in [-0.3, -0.25) is 4.98 Å². The molecule has 0 spiro atoms. The SMILES string of the molecule is CCCNC(C)c1cccc(-c2ccncc2F)c1. The molecule has 0 saturated carbocycles. The van der Waals surface area contributed by atoms with Crippen LogP contribution in [0.1, 0.15) is 31.9 Å². The third-order valence-corrected chi connectivity index (χ3v) is 3.17. The predicted octanol–water partition coefficient (Wildman–Crippen LogP) is 3.95. The molecule has 0 saturated heterocycles. The summed E-state index contributed by atoms with van der Waals surface area (Å²) in [6.45, 7) is 5.25. The van der Waals surface area contributed by atoms with Gasteiger partial charge in [0, 0.05) is 17.8 Å². The van der Waals surface area contributed by atoms with Crippen molar-refractivity contribution >= 4 is 0 Å². The summed E-state index contributed by atoms with van der Waals surface area (Å²) in [5.74, 6) is -0.283. The molecule has 2 rings (SSSR count). The van der Waals surface area contributed by atoms with Gasteiger partial charge in [0.05, 0.1) is 6.20 Å². The van der Waals surface area contributed by atoms with Crippen LogP contribution >= 0.6 is 0 Å². The fraction of sp³-hybridized carbons (Fsp3) is 0.312. The molecule has 1 aromatic carbocycles. The maximum absolute atomic E-state index is 13.7. The molecule has 0 aliphatic heterocycles. The Morgan fingerprint density at radius 3 is 2.89 bits per heavy atom. The fourth-order valence-electron chi connectivity index (χ4n) is 2.06. The fourth-order valence-corrected chi connectivity index (χ4v) is 2.06. The molecule has 0 aliphatic carbocycles. The van der Waals surface area contributed by atoms with Gasteiger partial charge < -0.3 is 5.32 Å². The van der Waals surface area contributed by atoms with Gasteiger partial charge in [-0.1, -0.05) is 25.1 Å². The van der Waals surface area contributed by atoms with Crippen molar-refractivity contribution in [1.82, 2.24) is 10.3 Å². The number of hydrogen-bond acceptors (Lipinski definition) is 2. The Bertz CT molecular complexity index is 540. The normalized spacial score (nSPS) is 12.4. The summed E-state index contributed by atoms with van der Waals surface area (Å²) in [6, 6.07) is 9.97.